The quantitative estimate of drug-likeness (QED) is 0.822. The third-order valence-corrected chi connectivity index (χ3v) is 3.61. The minimum Gasteiger partial charge on any atom is -0.450 e. The second kappa shape index (κ2) is 8.60. The summed E-state index contributed by atoms with van der Waals surface area (Å²) in [5, 5.41) is 3.72. The molecule has 0 fully saturated rings. The van der Waals surface area contributed by atoms with Crippen LogP contribution in [0.1, 0.15) is 33.3 Å². The largest absolute Gasteiger partial charge is 0.450 e. The fraction of sp³-hybridized carbons (Fsp3) is 0.474. The fourth-order valence-corrected chi connectivity index (χ4v) is 2.52. The van der Waals surface area contributed by atoms with Gasteiger partial charge in [-0.3, -0.25) is 0 Å². The first-order valence-corrected chi connectivity index (χ1v) is 8.73. The summed E-state index contributed by atoms with van der Waals surface area (Å²) in [6.07, 6.45) is 0.968. The summed E-state index contributed by atoms with van der Waals surface area (Å²) < 4.78 is 10.3. The van der Waals surface area contributed by atoms with Gasteiger partial charge in [0.25, 0.3) is 0 Å². The number of hydrogen-bond acceptors (Lipinski definition) is 4. The maximum Gasteiger partial charge on any atom is 0.410 e. The van der Waals surface area contributed by atoms with Crippen molar-refractivity contribution in [2.45, 2.75) is 39.8 Å². The molecule has 2 aromatic rings. The zero-order valence-electron chi connectivity index (χ0n) is 15.8. The molecule has 0 unspecified atom stereocenters. The Kier molecular flexibility index (Phi) is 6.49. The molecule has 0 spiro atoms. The zero-order valence-corrected chi connectivity index (χ0v) is 15.8. The number of carbonyl (C=O) groups is 2. The number of carbonyl (C=O) groups excluding carboxylic acids is 2. The van der Waals surface area contributed by atoms with Gasteiger partial charge >= 0.3 is 12.2 Å². The standard InChI is InChI=1S/C19H27N3O4/c1-5-25-18(24)22(11-10-20-17(23)26-19(2,3)4)13-14-12-21-16-9-7-6-8-15(14)16/h6-9,12,21H,5,10-11,13H2,1-4H3,(H,20,23). The van der Waals surface area contributed by atoms with E-state index in [0.717, 1.165) is 16.5 Å². The lowest BCUT2D eigenvalue weighted by Gasteiger charge is -2.23. The molecule has 2 rings (SSSR count). The van der Waals surface area contributed by atoms with Crippen LogP contribution in [-0.4, -0.2) is 47.4 Å². The van der Waals surface area contributed by atoms with Crippen LogP contribution in [0.4, 0.5) is 9.59 Å². The number of amides is 2. The van der Waals surface area contributed by atoms with Gasteiger partial charge in [-0.2, -0.15) is 0 Å². The van der Waals surface area contributed by atoms with E-state index in [4.69, 9.17) is 9.47 Å². The third-order valence-electron chi connectivity index (χ3n) is 3.61. The van der Waals surface area contributed by atoms with Crippen molar-refractivity contribution in [1.29, 1.82) is 0 Å². The van der Waals surface area contributed by atoms with Crippen molar-refractivity contribution in [3.63, 3.8) is 0 Å². The van der Waals surface area contributed by atoms with Gasteiger partial charge in [-0.05, 0) is 39.3 Å². The van der Waals surface area contributed by atoms with Crippen LogP contribution in [0.2, 0.25) is 0 Å². The minimum atomic E-state index is -0.561. The van der Waals surface area contributed by atoms with Crippen molar-refractivity contribution in [2.75, 3.05) is 19.7 Å². The fourth-order valence-electron chi connectivity index (χ4n) is 2.52. The van der Waals surface area contributed by atoms with Crippen LogP contribution in [0.3, 0.4) is 0 Å². The van der Waals surface area contributed by atoms with E-state index in [-0.39, 0.29) is 6.54 Å². The zero-order chi connectivity index (χ0) is 19.2. The molecule has 0 saturated heterocycles. The Labute approximate surface area is 153 Å². The van der Waals surface area contributed by atoms with E-state index in [0.29, 0.717) is 19.7 Å². The van der Waals surface area contributed by atoms with Crippen LogP contribution in [0, 0.1) is 0 Å². The number of nitrogens with one attached hydrogen (secondary N) is 2. The van der Waals surface area contributed by atoms with Crippen LogP contribution >= 0.6 is 0 Å². The van der Waals surface area contributed by atoms with Gasteiger partial charge in [0, 0.05) is 30.2 Å². The van der Waals surface area contributed by atoms with Crippen LogP contribution < -0.4 is 5.32 Å². The number of aromatic nitrogens is 1. The number of benzene rings is 1. The maximum atomic E-state index is 12.3. The lowest BCUT2D eigenvalue weighted by molar-refractivity contribution is 0.0516. The number of hydrogen-bond donors (Lipinski definition) is 2. The van der Waals surface area contributed by atoms with E-state index >= 15 is 0 Å². The summed E-state index contributed by atoms with van der Waals surface area (Å²) in [6.45, 7) is 8.44. The van der Waals surface area contributed by atoms with Crippen LogP contribution in [0.15, 0.2) is 30.5 Å². The van der Waals surface area contributed by atoms with Crippen molar-refractivity contribution in [1.82, 2.24) is 15.2 Å². The molecule has 2 N–H and O–H groups in total. The lowest BCUT2D eigenvalue weighted by atomic mass is 10.1. The summed E-state index contributed by atoms with van der Waals surface area (Å²) in [7, 11) is 0. The highest BCUT2D eigenvalue weighted by molar-refractivity contribution is 5.83. The minimum absolute atomic E-state index is 0.274. The van der Waals surface area contributed by atoms with Crippen molar-refractivity contribution < 1.29 is 19.1 Å². The second-order valence-electron chi connectivity index (χ2n) is 6.91. The average molecular weight is 361 g/mol. The lowest BCUT2D eigenvalue weighted by Crippen LogP contribution is -2.40. The Morgan fingerprint density at radius 1 is 1.23 bits per heavy atom. The Bertz CT molecular complexity index is 749. The first-order valence-electron chi connectivity index (χ1n) is 8.73. The molecule has 0 aliphatic carbocycles. The molecule has 0 bridgehead atoms. The Morgan fingerprint density at radius 2 is 1.96 bits per heavy atom. The molecule has 142 valence electrons. The predicted molar refractivity (Wildman–Crippen MR) is 100.0 cm³/mol. The molecular formula is C19H27N3O4. The van der Waals surface area contributed by atoms with Crippen molar-refractivity contribution in [3.05, 3.63) is 36.0 Å². The summed E-state index contributed by atoms with van der Waals surface area (Å²) in [4.78, 5) is 28.8. The number of ether oxygens (including phenoxy) is 2. The summed E-state index contributed by atoms with van der Waals surface area (Å²) in [5.74, 6) is 0. The van der Waals surface area contributed by atoms with Crippen molar-refractivity contribution in [2.24, 2.45) is 0 Å². The summed E-state index contributed by atoms with van der Waals surface area (Å²) >= 11 is 0. The highest BCUT2D eigenvalue weighted by Crippen LogP contribution is 2.19. The Morgan fingerprint density at radius 3 is 2.65 bits per heavy atom. The summed E-state index contributed by atoms with van der Waals surface area (Å²) in [5.41, 5.74) is 1.44. The van der Waals surface area contributed by atoms with Crippen molar-refractivity contribution in [3.8, 4) is 0 Å². The third kappa shape index (κ3) is 5.68. The number of alkyl carbamates (subject to hydrolysis) is 1. The van der Waals surface area contributed by atoms with Gasteiger partial charge in [0.1, 0.15) is 5.60 Å². The molecule has 0 aliphatic rings. The first-order chi connectivity index (χ1) is 12.3. The SMILES string of the molecule is CCOC(=O)N(CCNC(=O)OC(C)(C)C)Cc1c[nH]c2ccccc12. The van der Waals surface area contributed by atoms with E-state index in [9.17, 15) is 9.59 Å². The topological polar surface area (TPSA) is 83.7 Å². The number of aromatic amines is 1. The molecule has 7 nitrogen and oxygen atoms in total. The average Bonchev–Trinajstić information content (AvgIpc) is 2.95. The normalized spacial score (nSPS) is 11.2. The molecule has 0 atom stereocenters. The van der Waals surface area contributed by atoms with E-state index in [1.165, 1.54) is 0 Å². The number of H-pyrrole nitrogens is 1. The molecule has 1 heterocycles. The monoisotopic (exact) mass is 361 g/mol. The maximum absolute atomic E-state index is 12.3. The van der Waals surface area contributed by atoms with Crippen molar-refractivity contribution >= 4 is 23.1 Å². The van der Waals surface area contributed by atoms with Gasteiger partial charge in [-0.1, -0.05) is 18.2 Å². The van der Waals surface area contributed by atoms with E-state index < -0.39 is 17.8 Å². The molecular weight excluding hydrogens is 334 g/mol. The number of nitrogens with zero attached hydrogens (tertiary/aromatic N) is 1. The molecule has 0 saturated carbocycles. The highest BCUT2D eigenvalue weighted by Gasteiger charge is 2.19. The first kappa shape index (κ1) is 19.6. The number of fused-ring (bicyclic) bond motifs is 1. The second-order valence-corrected chi connectivity index (χ2v) is 6.91. The van der Waals surface area contributed by atoms with Crippen LogP contribution in [0.25, 0.3) is 10.9 Å². The molecule has 2 amide bonds. The van der Waals surface area contributed by atoms with E-state index in [2.05, 4.69) is 10.3 Å². The molecule has 0 aliphatic heterocycles. The molecule has 1 aromatic heterocycles. The Balaban J connectivity index is 2.00. The van der Waals surface area contributed by atoms with Gasteiger partial charge < -0.3 is 24.7 Å². The van der Waals surface area contributed by atoms with Gasteiger partial charge in [-0.25, -0.2) is 9.59 Å². The predicted octanol–water partition coefficient (Wildman–Crippen LogP) is 3.65. The Hall–Kier alpha value is -2.70. The molecule has 1 aromatic carbocycles. The van der Waals surface area contributed by atoms with Gasteiger partial charge in [-0.15, -0.1) is 0 Å². The van der Waals surface area contributed by atoms with E-state index in [1.807, 2.05) is 30.5 Å². The molecule has 7 heteroatoms. The van der Waals surface area contributed by atoms with E-state index in [1.54, 1.807) is 32.6 Å². The smallest absolute Gasteiger partial charge is 0.410 e. The molecule has 26 heavy (non-hydrogen) atoms. The van der Waals surface area contributed by atoms with Gasteiger partial charge in [0.2, 0.25) is 0 Å². The summed E-state index contributed by atoms with van der Waals surface area (Å²) in [6, 6.07) is 7.90. The van der Waals surface area contributed by atoms with Crippen LogP contribution in [-0.2, 0) is 16.0 Å². The van der Waals surface area contributed by atoms with Gasteiger partial charge in [0.15, 0.2) is 0 Å². The van der Waals surface area contributed by atoms with Gasteiger partial charge in [0.05, 0.1) is 13.2 Å². The number of rotatable bonds is 6. The molecule has 0 radical (unpaired) electrons. The highest BCUT2D eigenvalue weighted by atomic mass is 16.6. The van der Waals surface area contributed by atoms with Crippen LogP contribution in [0.5, 0.6) is 0 Å². The number of para-hydroxylation sites is 1.